The van der Waals surface area contributed by atoms with Crippen molar-refractivity contribution in [1.82, 2.24) is 5.01 Å². The third kappa shape index (κ3) is 0.824. The molecule has 2 aliphatic rings. The molecule has 2 aliphatic heterocycles. The first-order chi connectivity index (χ1) is 5.29. The van der Waals surface area contributed by atoms with Gasteiger partial charge in [0.05, 0.1) is 11.9 Å². The summed E-state index contributed by atoms with van der Waals surface area (Å²) in [5.74, 6) is 0.861. The Labute approximate surface area is 64.8 Å². The molecule has 1 atom stereocenters. The van der Waals surface area contributed by atoms with Crippen LogP contribution < -0.4 is 0 Å². The van der Waals surface area contributed by atoms with Gasteiger partial charge in [-0.05, 0) is 6.92 Å². The molecule has 0 aliphatic carbocycles. The standard InChI is InChI=1S/C7H9N3O/c1-5-7-6(11-9-5)3-4-8-10(7)2/h3-4,7H,1-2H3. The average molecular weight is 151 g/mol. The van der Waals surface area contributed by atoms with Crippen LogP contribution in [-0.4, -0.2) is 30.0 Å². The van der Waals surface area contributed by atoms with Crippen molar-refractivity contribution in [2.24, 2.45) is 10.3 Å². The molecule has 0 bridgehead atoms. The molecule has 4 heteroatoms. The zero-order chi connectivity index (χ0) is 7.84. The van der Waals surface area contributed by atoms with Crippen LogP contribution in [0.3, 0.4) is 0 Å². The van der Waals surface area contributed by atoms with Crippen molar-refractivity contribution < 1.29 is 4.84 Å². The number of hydrazone groups is 1. The molecule has 0 aromatic heterocycles. The van der Waals surface area contributed by atoms with Gasteiger partial charge < -0.3 is 4.84 Å². The van der Waals surface area contributed by atoms with Gasteiger partial charge >= 0.3 is 0 Å². The molecule has 0 fully saturated rings. The summed E-state index contributed by atoms with van der Waals surface area (Å²) in [5, 5.41) is 9.79. The summed E-state index contributed by atoms with van der Waals surface area (Å²) in [6.07, 6.45) is 3.55. The highest BCUT2D eigenvalue weighted by molar-refractivity contribution is 5.92. The molecule has 0 saturated carbocycles. The molecule has 0 amide bonds. The summed E-state index contributed by atoms with van der Waals surface area (Å²) in [4.78, 5) is 5.06. The van der Waals surface area contributed by atoms with Gasteiger partial charge in [0.15, 0.2) is 5.76 Å². The van der Waals surface area contributed by atoms with Gasteiger partial charge in [0.2, 0.25) is 0 Å². The van der Waals surface area contributed by atoms with Crippen molar-refractivity contribution in [2.75, 3.05) is 7.05 Å². The van der Waals surface area contributed by atoms with Gasteiger partial charge in [-0.3, -0.25) is 5.01 Å². The molecule has 2 heterocycles. The van der Waals surface area contributed by atoms with Crippen molar-refractivity contribution >= 4 is 11.9 Å². The van der Waals surface area contributed by atoms with E-state index in [0.29, 0.717) is 0 Å². The first-order valence-electron chi connectivity index (χ1n) is 3.47. The van der Waals surface area contributed by atoms with Crippen molar-refractivity contribution in [3.63, 3.8) is 0 Å². The maximum absolute atomic E-state index is 5.06. The summed E-state index contributed by atoms with van der Waals surface area (Å²) >= 11 is 0. The number of nitrogens with zero attached hydrogens (tertiary/aromatic N) is 3. The quantitative estimate of drug-likeness (QED) is 0.507. The monoisotopic (exact) mass is 151 g/mol. The summed E-state index contributed by atoms with van der Waals surface area (Å²) in [5.41, 5.74) is 0.954. The highest BCUT2D eigenvalue weighted by Crippen LogP contribution is 2.21. The van der Waals surface area contributed by atoms with E-state index in [1.807, 2.05) is 25.1 Å². The Morgan fingerprint density at radius 1 is 1.64 bits per heavy atom. The fourth-order valence-corrected chi connectivity index (χ4v) is 1.29. The van der Waals surface area contributed by atoms with Gasteiger partial charge in [0, 0.05) is 13.1 Å². The first-order valence-corrected chi connectivity index (χ1v) is 3.47. The van der Waals surface area contributed by atoms with Gasteiger partial charge in [-0.1, -0.05) is 5.16 Å². The Balaban J connectivity index is 2.34. The predicted molar refractivity (Wildman–Crippen MR) is 42.3 cm³/mol. The zero-order valence-corrected chi connectivity index (χ0v) is 6.48. The van der Waals surface area contributed by atoms with Crippen LogP contribution in [0.15, 0.2) is 22.1 Å². The lowest BCUT2D eigenvalue weighted by Gasteiger charge is -2.22. The smallest absolute Gasteiger partial charge is 0.166 e. The van der Waals surface area contributed by atoms with Gasteiger partial charge in [0.25, 0.3) is 0 Å². The predicted octanol–water partition coefficient (Wildman–Crippen LogP) is 0.576. The van der Waals surface area contributed by atoms with Crippen LogP contribution in [0.4, 0.5) is 0 Å². The van der Waals surface area contributed by atoms with Gasteiger partial charge in [-0.25, -0.2) is 0 Å². The second-order valence-corrected chi connectivity index (χ2v) is 2.63. The van der Waals surface area contributed by atoms with E-state index in [1.165, 1.54) is 0 Å². The Bertz CT molecular complexity index is 267. The number of rotatable bonds is 0. The molecule has 11 heavy (non-hydrogen) atoms. The highest BCUT2D eigenvalue weighted by Gasteiger charge is 2.30. The summed E-state index contributed by atoms with van der Waals surface area (Å²) in [6.45, 7) is 1.93. The molecular formula is C7H9N3O. The molecule has 0 spiro atoms. The van der Waals surface area contributed by atoms with Gasteiger partial charge in [-0.2, -0.15) is 5.10 Å². The van der Waals surface area contributed by atoms with Crippen molar-refractivity contribution in [1.29, 1.82) is 0 Å². The van der Waals surface area contributed by atoms with E-state index in [0.717, 1.165) is 11.5 Å². The van der Waals surface area contributed by atoms with E-state index >= 15 is 0 Å². The van der Waals surface area contributed by atoms with E-state index in [4.69, 9.17) is 4.84 Å². The van der Waals surface area contributed by atoms with Gasteiger partial charge in [-0.15, -0.1) is 0 Å². The number of likely N-dealkylation sites (N-methyl/N-ethyl adjacent to an activating group) is 1. The molecule has 1 unspecified atom stereocenters. The molecule has 58 valence electrons. The van der Waals surface area contributed by atoms with Crippen LogP contribution >= 0.6 is 0 Å². The number of fused-ring (bicyclic) bond motifs is 1. The van der Waals surface area contributed by atoms with Crippen LogP contribution in [0.25, 0.3) is 0 Å². The van der Waals surface area contributed by atoms with Crippen molar-refractivity contribution in [2.45, 2.75) is 13.0 Å². The fraction of sp³-hybridized carbons (Fsp3) is 0.429. The zero-order valence-electron chi connectivity index (χ0n) is 6.48. The molecular weight excluding hydrogens is 142 g/mol. The minimum atomic E-state index is 0.125. The number of hydrogen-bond acceptors (Lipinski definition) is 4. The Hall–Kier alpha value is -1.32. The molecule has 0 aromatic carbocycles. The molecule has 0 saturated heterocycles. The third-order valence-electron chi connectivity index (χ3n) is 1.82. The van der Waals surface area contributed by atoms with E-state index in [9.17, 15) is 0 Å². The third-order valence-corrected chi connectivity index (χ3v) is 1.82. The van der Waals surface area contributed by atoms with Gasteiger partial charge in [0.1, 0.15) is 6.04 Å². The minimum absolute atomic E-state index is 0.125. The van der Waals surface area contributed by atoms with Crippen LogP contribution in [0.1, 0.15) is 6.92 Å². The first kappa shape index (κ1) is 6.39. The SMILES string of the molecule is CC1=NOC2=CC=NN(C)C21. The van der Waals surface area contributed by atoms with Crippen LogP contribution in [0.5, 0.6) is 0 Å². The summed E-state index contributed by atoms with van der Waals surface area (Å²) in [7, 11) is 1.90. The maximum atomic E-state index is 5.06. The lowest BCUT2D eigenvalue weighted by Crippen LogP contribution is -2.34. The summed E-state index contributed by atoms with van der Waals surface area (Å²) in [6, 6.07) is 0.125. The number of hydrogen-bond donors (Lipinski definition) is 0. The molecule has 4 nitrogen and oxygen atoms in total. The highest BCUT2D eigenvalue weighted by atomic mass is 16.6. The maximum Gasteiger partial charge on any atom is 0.166 e. The average Bonchev–Trinajstić information content (AvgIpc) is 2.34. The van der Waals surface area contributed by atoms with Crippen molar-refractivity contribution in [3.05, 3.63) is 11.8 Å². The Kier molecular flexibility index (Phi) is 1.21. The number of oxime groups is 1. The van der Waals surface area contributed by atoms with E-state index in [-0.39, 0.29) is 6.04 Å². The van der Waals surface area contributed by atoms with Crippen LogP contribution in [0, 0.1) is 0 Å². The molecule has 0 radical (unpaired) electrons. The molecule has 0 aromatic rings. The lowest BCUT2D eigenvalue weighted by molar-refractivity contribution is 0.202. The number of allylic oxidation sites excluding steroid dienone is 1. The fourth-order valence-electron chi connectivity index (χ4n) is 1.29. The minimum Gasteiger partial charge on any atom is -0.359 e. The molecule has 2 rings (SSSR count). The van der Waals surface area contributed by atoms with Crippen molar-refractivity contribution in [3.8, 4) is 0 Å². The second kappa shape index (κ2) is 2.08. The second-order valence-electron chi connectivity index (χ2n) is 2.63. The Morgan fingerprint density at radius 3 is 3.18 bits per heavy atom. The van der Waals surface area contributed by atoms with Crippen LogP contribution in [0.2, 0.25) is 0 Å². The normalized spacial score (nSPS) is 27.5. The Morgan fingerprint density at radius 2 is 2.45 bits per heavy atom. The topological polar surface area (TPSA) is 37.2 Å². The largest absolute Gasteiger partial charge is 0.359 e. The lowest BCUT2D eigenvalue weighted by atomic mass is 10.1. The summed E-state index contributed by atoms with van der Waals surface area (Å²) < 4.78 is 0. The molecule has 0 N–H and O–H groups in total. The van der Waals surface area contributed by atoms with E-state index in [1.54, 1.807) is 6.21 Å². The van der Waals surface area contributed by atoms with E-state index in [2.05, 4.69) is 10.3 Å². The van der Waals surface area contributed by atoms with E-state index < -0.39 is 0 Å². The van der Waals surface area contributed by atoms with Crippen LogP contribution in [-0.2, 0) is 4.84 Å².